The van der Waals surface area contributed by atoms with Crippen molar-refractivity contribution in [1.29, 1.82) is 0 Å². The second-order valence-corrected chi connectivity index (χ2v) is 1.56. The van der Waals surface area contributed by atoms with Gasteiger partial charge in [0.15, 0.2) is 0 Å². The molecular weight excluding hydrogens is 112 g/mol. The Morgan fingerprint density at radius 1 is 1.56 bits per heavy atom. The zero-order valence-corrected chi connectivity index (χ0v) is 4.78. The minimum absolute atomic E-state index is 0.778. The molecule has 2 heteroatoms. The van der Waals surface area contributed by atoms with Gasteiger partial charge in [0.25, 0.3) is 6.21 Å². The second-order valence-electron chi connectivity index (χ2n) is 1.56. The lowest BCUT2D eigenvalue weighted by atomic mass is 10.2. The van der Waals surface area contributed by atoms with Crippen molar-refractivity contribution in [2.45, 2.75) is 0 Å². The topological polar surface area (TPSA) is 36.4 Å². The van der Waals surface area contributed by atoms with Crippen LogP contribution in [0.3, 0.4) is 0 Å². The Morgan fingerprint density at radius 2 is 2.44 bits per heavy atom. The van der Waals surface area contributed by atoms with E-state index in [1.807, 2.05) is 12.1 Å². The SMILES string of the molecule is [N-]=[N+]=Cc1[c]cccc1. The van der Waals surface area contributed by atoms with E-state index in [4.69, 9.17) is 5.53 Å². The van der Waals surface area contributed by atoms with Crippen molar-refractivity contribution in [2.75, 3.05) is 0 Å². The van der Waals surface area contributed by atoms with E-state index in [2.05, 4.69) is 10.9 Å². The first-order chi connectivity index (χ1) is 4.43. The van der Waals surface area contributed by atoms with E-state index < -0.39 is 0 Å². The summed E-state index contributed by atoms with van der Waals surface area (Å²) in [6, 6.07) is 10.1. The maximum absolute atomic E-state index is 8.07. The molecule has 0 aromatic heterocycles. The Kier molecular flexibility index (Phi) is 1.78. The van der Waals surface area contributed by atoms with Crippen LogP contribution in [-0.2, 0) is 0 Å². The standard InChI is InChI=1S/C7H5N2/c8-9-6-7-4-2-1-3-5-7/h1-4,6H. The van der Waals surface area contributed by atoms with Crippen LogP contribution in [0.15, 0.2) is 24.3 Å². The molecular formula is C7H5N2. The molecule has 0 heterocycles. The van der Waals surface area contributed by atoms with Crippen molar-refractivity contribution in [2.24, 2.45) is 0 Å². The Labute approximate surface area is 53.4 Å². The van der Waals surface area contributed by atoms with Gasteiger partial charge in [-0.05, 0) is 12.1 Å². The Balaban J connectivity index is 2.97. The van der Waals surface area contributed by atoms with Gasteiger partial charge in [-0.2, -0.15) is 4.79 Å². The fourth-order valence-corrected chi connectivity index (χ4v) is 0.550. The number of hydrogen-bond acceptors (Lipinski definition) is 0. The predicted molar refractivity (Wildman–Crippen MR) is 34.1 cm³/mol. The lowest BCUT2D eigenvalue weighted by molar-refractivity contribution is 0.00455. The third-order valence-electron chi connectivity index (χ3n) is 0.930. The van der Waals surface area contributed by atoms with Crippen LogP contribution in [0.1, 0.15) is 5.56 Å². The molecule has 1 rings (SSSR count). The molecule has 0 atom stereocenters. The van der Waals surface area contributed by atoms with Gasteiger partial charge in [-0.25, -0.2) is 0 Å². The lowest BCUT2D eigenvalue weighted by Gasteiger charge is -1.79. The van der Waals surface area contributed by atoms with Crippen molar-refractivity contribution in [3.8, 4) is 0 Å². The summed E-state index contributed by atoms with van der Waals surface area (Å²) in [5, 5.41) is 0. The van der Waals surface area contributed by atoms with E-state index in [1.54, 1.807) is 12.1 Å². The first-order valence-electron chi connectivity index (χ1n) is 2.57. The van der Waals surface area contributed by atoms with Crippen LogP contribution in [0.2, 0.25) is 0 Å². The van der Waals surface area contributed by atoms with Crippen molar-refractivity contribution >= 4 is 6.21 Å². The van der Waals surface area contributed by atoms with Crippen molar-refractivity contribution in [3.63, 3.8) is 0 Å². The molecule has 0 aliphatic heterocycles. The molecule has 0 N–H and O–H groups in total. The highest BCUT2D eigenvalue weighted by molar-refractivity contribution is 5.74. The predicted octanol–water partition coefficient (Wildman–Crippen LogP) is 1.14. The maximum atomic E-state index is 8.07. The lowest BCUT2D eigenvalue weighted by Crippen LogP contribution is -1.77. The smallest absolute Gasteiger partial charge is 0.288 e. The van der Waals surface area contributed by atoms with E-state index in [1.165, 1.54) is 6.21 Å². The van der Waals surface area contributed by atoms with Gasteiger partial charge in [0.1, 0.15) is 0 Å². The van der Waals surface area contributed by atoms with E-state index >= 15 is 0 Å². The van der Waals surface area contributed by atoms with E-state index in [-0.39, 0.29) is 0 Å². The van der Waals surface area contributed by atoms with Crippen LogP contribution < -0.4 is 0 Å². The van der Waals surface area contributed by atoms with Crippen molar-refractivity contribution < 1.29 is 4.79 Å². The highest BCUT2D eigenvalue weighted by atomic mass is 14.8. The van der Waals surface area contributed by atoms with Crippen LogP contribution in [0.25, 0.3) is 5.53 Å². The Bertz CT molecular complexity index is 222. The average Bonchev–Trinajstić information content (AvgIpc) is 1.91. The normalized spacial score (nSPS) is 8.00. The summed E-state index contributed by atoms with van der Waals surface area (Å²) < 4.78 is 0. The molecule has 2 nitrogen and oxygen atoms in total. The van der Waals surface area contributed by atoms with Crippen LogP contribution >= 0.6 is 0 Å². The number of hydrogen-bond donors (Lipinski definition) is 0. The summed E-state index contributed by atoms with van der Waals surface area (Å²) in [5.74, 6) is 0. The van der Waals surface area contributed by atoms with Gasteiger partial charge in [-0.1, -0.05) is 18.2 Å². The van der Waals surface area contributed by atoms with Crippen molar-refractivity contribution in [1.82, 2.24) is 0 Å². The minimum Gasteiger partial charge on any atom is -0.361 e. The maximum Gasteiger partial charge on any atom is 0.288 e. The summed E-state index contributed by atoms with van der Waals surface area (Å²) in [7, 11) is 0. The minimum atomic E-state index is 0.778. The molecule has 0 aliphatic rings. The molecule has 0 bridgehead atoms. The largest absolute Gasteiger partial charge is 0.361 e. The second kappa shape index (κ2) is 2.80. The van der Waals surface area contributed by atoms with Crippen LogP contribution in [0.5, 0.6) is 0 Å². The van der Waals surface area contributed by atoms with Gasteiger partial charge >= 0.3 is 0 Å². The fourth-order valence-electron chi connectivity index (χ4n) is 0.550. The summed E-state index contributed by atoms with van der Waals surface area (Å²) in [6.07, 6.45) is 1.33. The highest BCUT2D eigenvalue weighted by Gasteiger charge is 1.85. The van der Waals surface area contributed by atoms with Gasteiger partial charge in [-0.3, -0.25) is 0 Å². The zero-order chi connectivity index (χ0) is 6.53. The van der Waals surface area contributed by atoms with Crippen LogP contribution in [0.4, 0.5) is 0 Å². The molecule has 0 aliphatic carbocycles. The van der Waals surface area contributed by atoms with E-state index in [0.717, 1.165) is 5.56 Å². The van der Waals surface area contributed by atoms with Gasteiger partial charge in [0.05, 0.1) is 5.56 Å². The molecule has 0 fully saturated rings. The molecule has 0 saturated heterocycles. The zero-order valence-electron chi connectivity index (χ0n) is 4.78. The summed E-state index contributed by atoms with van der Waals surface area (Å²) in [4.78, 5) is 2.85. The van der Waals surface area contributed by atoms with E-state index in [9.17, 15) is 0 Å². The third kappa shape index (κ3) is 1.52. The van der Waals surface area contributed by atoms with Gasteiger partial charge in [-0.15, -0.1) is 0 Å². The number of rotatable bonds is 1. The summed E-state index contributed by atoms with van der Waals surface area (Å²) in [5.41, 5.74) is 8.85. The van der Waals surface area contributed by atoms with Crippen LogP contribution in [-0.4, -0.2) is 11.0 Å². The summed E-state index contributed by atoms with van der Waals surface area (Å²) in [6.45, 7) is 0. The van der Waals surface area contributed by atoms with Gasteiger partial charge < -0.3 is 5.53 Å². The fraction of sp³-hybridized carbons (Fsp3) is 0. The molecule has 0 saturated carbocycles. The molecule has 1 aromatic carbocycles. The molecule has 0 unspecified atom stereocenters. The molecule has 0 spiro atoms. The quantitative estimate of drug-likeness (QED) is 0.300. The average molecular weight is 117 g/mol. The third-order valence-corrected chi connectivity index (χ3v) is 0.930. The molecule has 1 radical (unpaired) electrons. The Hall–Kier alpha value is -1.40. The van der Waals surface area contributed by atoms with Gasteiger partial charge in [0.2, 0.25) is 0 Å². The van der Waals surface area contributed by atoms with Crippen molar-refractivity contribution in [3.05, 3.63) is 41.4 Å². The van der Waals surface area contributed by atoms with Crippen LogP contribution in [0, 0.1) is 6.07 Å². The van der Waals surface area contributed by atoms with E-state index in [0.29, 0.717) is 0 Å². The number of nitrogens with zero attached hydrogens (tertiary/aromatic N) is 2. The highest BCUT2D eigenvalue weighted by Crippen LogP contribution is 1.90. The first-order valence-corrected chi connectivity index (χ1v) is 2.57. The summed E-state index contributed by atoms with van der Waals surface area (Å²) >= 11 is 0. The first kappa shape index (κ1) is 5.73. The molecule has 1 aromatic rings. The Morgan fingerprint density at radius 3 is 3.00 bits per heavy atom. The molecule has 0 amide bonds. The monoisotopic (exact) mass is 117 g/mol. The molecule has 43 valence electrons. The van der Waals surface area contributed by atoms with Gasteiger partial charge in [0, 0.05) is 0 Å². The molecule has 9 heavy (non-hydrogen) atoms. The number of benzene rings is 1.